The molecule has 2 atom stereocenters. The third-order valence-electron chi connectivity index (χ3n) is 2.77. The summed E-state index contributed by atoms with van der Waals surface area (Å²) in [6.45, 7) is 5.33. The van der Waals surface area contributed by atoms with E-state index in [1.807, 2.05) is 31.5 Å². The molecule has 0 saturated carbocycles. The first-order chi connectivity index (χ1) is 7.24. The Labute approximate surface area is 91.5 Å². The Morgan fingerprint density at radius 2 is 2.00 bits per heavy atom. The van der Waals surface area contributed by atoms with Gasteiger partial charge in [-0.25, -0.2) is 0 Å². The Kier molecular flexibility index (Phi) is 5.29. The molecule has 0 aromatic carbocycles. The first kappa shape index (κ1) is 12.1. The quantitative estimate of drug-likeness (QED) is 0.739. The molecule has 0 bridgehead atoms. The molecule has 1 heterocycles. The number of pyridine rings is 1. The zero-order valence-electron chi connectivity index (χ0n) is 9.48. The van der Waals surface area contributed by atoms with E-state index in [4.69, 9.17) is 5.11 Å². The normalized spacial score (nSPS) is 14.9. The molecule has 0 saturated heterocycles. The average Bonchev–Trinajstić information content (AvgIpc) is 2.29. The van der Waals surface area contributed by atoms with Gasteiger partial charge in [0.25, 0.3) is 0 Å². The summed E-state index contributed by atoms with van der Waals surface area (Å²) in [5, 5.41) is 12.4. The Morgan fingerprint density at radius 1 is 1.33 bits per heavy atom. The Bertz CT molecular complexity index is 264. The Hall–Kier alpha value is -0.930. The zero-order chi connectivity index (χ0) is 11.1. The van der Waals surface area contributed by atoms with E-state index < -0.39 is 0 Å². The molecule has 0 amide bonds. The van der Waals surface area contributed by atoms with Crippen molar-refractivity contribution < 1.29 is 5.11 Å². The van der Waals surface area contributed by atoms with Crippen molar-refractivity contribution in [3.63, 3.8) is 0 Å². The molecule has 0 aliphatic carbocycles. The molecule has 0 fully saturated rings. The van der Waals surface area contributed by atoms with Crippen LogP contribution in [-0.4, -0.2) is 29.3 Å². The third kappa shape index (κ3) is 4.40. The maximum absolute atomic E-state index is 8.97. The molecule has 1 aromatic rings. The smallest absolute Gasteiger partial charge is 0.0471 e. The number of aromatic nitrogens is 1. The Balaban J connectivity index is 2.22. The molecule has 3 heteroatoms. The monoisotopic (exact) mass is 208 g/mol. The number of nitrogens with zero attached hydrogens (tertiary/aromatic N) is 1. The lowest BCUT2D eigenvalue weighted by Crippen LogP contribution is -2.35. The van der Waals surface area contributed by atoms with Gasteiger partial charge < -0.3 is 10.4 Å². The van der Waals surface area contributed by atoms with Crippen LogP contribution in [-0.2, 0) is 6.42 Å². The molecule has 1 aromatic heterocycles. The molecule has 1 rings (SSSR count). The van der Waals surface area contributed by atoms with E-state index in [1.165, 1.54) is 5.56 Å². The summed E-state index contributed by atoms with van der Waals surface area (Å²) >= 11 is 0. The fraction of sp³-hybridized carbons (Fsp3) is 0.583. The number of hydrogen-bond donors (Lipinski definition) is 2. The lowest BCUT2D eigenvalue weighted by molar-refractivity contribution is 0.208. The van der Waals surface area contributed by atoms with E-state index in [1.54, 1.807) is 0 Å². The van der Waals surface area contributed by atoms with E-state index in [9.17, 15) is 0 Å². The molecular weight excluding hydrogens is 188 g/mol. The standard InChI is InChI=1S/C12H20N2O/c1-10(9-15)11(2)14-8-5-12-3-6-13-7-4-12/h3-4,6-7,10-11,14-15H,5,8-9H2,1-2H3. The van der Waals surface area contributed by atoms with E-state index in [0.29, 0.717) is 12.0 Å². The number of nitrogens with one attached hydrogen (secondary N) is 1. The van der Waals surface area contributed by atoms with Crippen molar-refractivity contribution in [1.82, 2.24) is 10.3 Å². The predicted octanol–water partition coefficient (Wildman–Crippen LogP) is 1.23. The van der Waals surface area contributed by atoms with Crippen LogP contribution in [0.25, 0.3) is 0 Å². The van der Waals surface area contributed by atoms with Gasteiger partial charge in [-0.1, -0.05) is 6.92 Å². The van der Waals surface area contributed by atoms with Gasteiger partial charge in [-0.05, 0) is 43.5 Å². The van der Waals surface area contributed by atoms with Crippen LogP contribution in [0, 0.1) is 5.92 Å². The Morgan fingerprint density at radius 3 is 2.60 bits per heavy atom. The summed E-state index contributed by atoms with van der Waals surface area (Å²) in [7, 11) is 0. The van der Waals surface area contributed by atoms with Crippen LogP contribution in [0.1, 0.15) is 19.4 Å². The van der Waals surface area contributed by atoms with Gasteiger partial charge in [-0.2, -0.15) is 0 Å². The molecule has 3 nitrogen and oxygen atoms in total. The van der Waals surface area contributed by atoms with Crippen LogP contribution >= 0.6 is 0 Å². The number of aliphatic hydroxyl groups excluding tert-OH is 1. The average molecular weight is 208 g/mol. The highest BCUT2D eigenvalue weighted by molar-refractivity contribution is 5.09. The minimum atomic E-state index is 0.240. The van der Waals surface area contributed by atoms with Gasteiger partial charge in [0.05, 0.1) is 0 Å². The highest BCUT2D eigenvalue weighted by Gasteiger charge is 2.09. The molecule has 0 aliphatic rings. The number of rotatable bonds is 6. The van der Waals surface area contributed by atoms with E-state index in [-0.39, 0.29) is 6.61 Å². The molecule has 15 heavy (non-hydrogen) atoms. The fourth-order valence-electron chi connectivity index (χ4n) is 1.35. The summed E-state index contributed by atoms with van der Waals surface area (Å²) in [6.07, 6.45) is 4.63. The van der Waals surface area contributed by atoms with Crippen molar-refractivity contribution >= 4 is 0 Å². The third-order valence-corrected chi connectivity index (χ3v) is 2.77. The van der Waals surface area contributed by atoms with E-state index in [0.717, 1.165) is 13.0 Å². The molecule has 2 unspecified atom stereocenters. The van der Waals surface area contributed by atoms with Crippen LogP contribution in [0.15, 0.2) is 24.5 Å². The highest BCUT2D eigenvalue weighted by atomic mass is 16.3. The van der Waals surface area contributed by atoms with Gasteiger partial charge in [0.15, 0.2) is 0 Å². The second-order valence-corrected chi connectivity index (χ2v) is 4.01. The van der Waals surface area contributed by atoms with Gasteiger partial charge in [0, 0.05) is 25.0 Å². The van der Waals surface area contributed by atoms with Crippen LogP contribution in [0.4, 0.5) is 0 Å². The molecule has 84 valence electrons. The van der Waals surface area contributed by atoms with Crippen LogP contribution in [0.2, 0.25) is 0 Å². The van der Waals surface area contributed by atoms with Gasteiger partial charge in [-0.15, -0.1) is 0 Å². The van der Waals surface area contributed by atoms with Crippen molar-refractivity contribution in [2.24, 2.45) is 5.92 Å². The second-order valence-electron chi connectivity index (χ2n) is 4.01. The van der Waals surface area contributed by atoms with Crippen LogP contribution in [0.3, 0.4) is 0 Å². The topological polar surface area (TPSA) is 45.1 Å². The van der Waals surface area contributed by atoms with Gasteiger partial charge in [0.2, 0.25) is 0 Å². The van der Waals surface area contributed by atoms with Gasteiger partial charge in [0.1, 0.15) is 0 Å². The minimum absolute atomic E-state index is 0.240. The number of aliphatic hydroxyl groups is 1. The molecule has 0 radical (unpaired) electrons. The minimum Gasteiger partial charge on any atom is -0.396 e. The molecule has 2 N–H and O–H groups in total. The first-order valence-electron chi connectivity index (χ1n) is 5.47. The maximum Gasteiger partial charge on any atom is 0.0471 e. The molecule has 0 aliphatic heterocycles. The summed E-state index contributed by atoms with van der Waals surface area (Å²) in [5.74, 6) is 0.308. The van der Waals surface area contributed by atoms with Crippen molar-refractivity contribution in [3.05, 3.63) is 30.1 Å². The number of hydrogen-bond acceptors (Lipinski definition) is 3. The molecular formula is C12H20N2O. The largest absolute Gasteiger partial charge is 0.396 e. The van der Waals surface area contributed by atoms with E-state index >= 15 is 0 Å². The van der Waals surface area contributed by atoms with Crippen molar-refractivity contribution in [2.75, 3.05) is 13.2 Å². The maximum atomic E-state index is 8.97. The summed E-state index contributed by atoms with van der Waals surface area (Å²) < 4.78 is 0. The fourth-order valence-corrected chi connectivity index (χ4v) is 1.35. The second kappa shape index (κ2) is 6.53. The van der Waals surface area contributed by atoms with Gasteiger partial charge in [-0.3, -0.25) is 4.98 Å². The highest BCUT2D eigenvalue weighted by Crippen LogP contribution is 2.01. The van der Waals surface area contributed by atoms with Gasteiger partial charge >= 0.3 is 0 Å². The van der Waals surface area contributed by atoms with Crippen LogP contribution < -0.4 is 5.32 Å². The summed E-state index contributed by atoms with van der Waals surface area (Å²) in [5.41, 5.74) is 1.29. The van der Waals surface area contributed by atoms with E-state index in [2.05, 4.69) is 17.2 Å². The van der Waals surface area contributed by atoms with Crippen molar-refractivity contribution in [3.8, 4) is 0 Å². The lowest BCUT2D eigenvalue weighted by atomic mass is 10.0. The zero-order valence-corrected chi connectivity index (χ0v) is 9.48. The lowest BCUT2D eigenvalue weighted by Gasteiger charge is -2.19. The SMILES string of the molecule is CC(CO)C(C)NCCc1ccncc1. The summed E-state index contributed by atoms with van der Waals surface area (Å²) in [6, 6.07) is 4.42. The predicted molar refractivity (Wildman–Crippen MR) is 61.7 cm³/mol. The first-order valence-corrected chi connectivity index (χ1v) is 5.47. The molecule has 0 spiro atoms. The van der Waals surface area contributed by atoms with Crippen molar-refractivity contribution in [1.29, 1.82) is 0 Å². The van der Waals surface area contributed by atoms with Crippen molar-refractivity contribution in [2.45, 2.75) is 26.3 Å². The van der Waals surface area contributed by atoms with Crippen LogP contribution in [0.5, 0.6) is 0 Å². The summed E-state index contributed by atoms with van der Waals surface area (Å²) in [4.78, 5) is 3.98.